The van der Waals surface area contributed by atoms with E-state index in [-0.39, 0.29) is 36.7 Å². The summed E-state index contributed by atoms with van der Waals surface area (Å²) >= 11 is 0. The van der Waals surface area contributed by atoms with Gasteiger partial charge in [0.1, 0.15) is 5.92 Å². The largest absolute Gasteiger partial charge is 0.396 e. The molecule has 5 nitrogen and oxygen atoms in total. The molecular formula is C17H18F2N2O3. The smallest absolute Gasteiger partial charge is 0.239 e. The Balaban J connectivity index is 1.64. The van der Waals surface area contributed by atoms with Gasteiger partial charge in [-0.05, 0) is 25.0 Å². The first kappa shape index (κ1) is 16.6. The lowest BCUT2D eigenvalue weighted by atomic mass is 10.1. The van der Waals surface area contributed by atoms with Crippen LogP contribution in [0.25, 0.3) is 0 Å². The number of aliphatic hydroxyl groups is 1. The molecule has 7 heteroatoms. The van der Waals surface area contributed by atoms with Gasteiger partial charge in [-0.15, -0.1) is 0 Å². The Labute approximate surface area is 138 Å². The minimum atomic E-state index is -1.03. The van der Waals surface area contributed by atoms with Gasteiger partial charge in [0.25, 0.3) is 0 Å². The molecule has 1 aromatic carbocycles. The Morgan fingerprint density at radius 1 is 1.29 bits per heavy atom. The van der Waals surface area contributed by atoms with Crippen molar-refractivity contribution in [3.8, 4) is 0 Å². The molecule has 0 aromatic heterocycles. The summed E-state index contributed by atoms with van der Waals surface area (Å²) in [6, 6.07) is 3.05. The molecule has 0 radical (unpaired) electrons. The molecule has 1 aliphatic carbocycles. The minimum Gasteiger partial charge on any atom is -0.396 e. The van der Waals surface area contributed by atoms with Crippen molar-refractivity contribution < 1.29 is 23.5 Å². The zero-order chi connectivity index (χ0) is 17.3. The summed E-state index contributed by atoms with van der Waals surface area (Å²) in [6.07, 6.45) is 4.58. The van der Waals surface area contributed by atoms with E-state index in [2.05, 4.69) is 5.32 Å². The van der Waals surface area contributed by atoms with Crippen molar-refractivity contribution in [1.29, 1.82) is 0 Å². The van der Waals surface area contributed by atoms with Crippen LogP contribution in [0.4, 0.5) is 14.5 Å². The molecule has 1 unspecified atom stereocenters. The molecule has 1 saturated heterocycles. The number of aliphatic hydroxyl groups excluding tert-OH is 1. The molecule has 24 heavy (non-hydrogen) atoms. The highest BCUT2D eigenvalue weighted by Crippen LogP contribution is 2.27. The topological polar surface area (TPSA) is 69.6 Å². The molecule has 128 valence electrons. The summed E-state index contributed by atoms with van der Waals surface area (Å²) in [5, 5.41) is 11.9. The molecule has 3 atom stereocenters. The van der Waals surface area contributed by atoms with Crippen LogP contribution in [0, 0.1) is 23.5 Å². The Morgan fingerprint density at radius 3 is 2.75 bits per heavy atom. The second kappa shape index (κ2) is 6.68. The average molecular weight is 336 g/mol. The van der Waals surface area contributed by atoms with Crippen LogP contribution >= 0.6 is 0 Å². The van der Waals surface area contributed by atoms with Gasteiger partial charge in [-0.25, -0.2) is 8.78 Å². The first-order chi connectivity index (χ1) is 11.5. The fourth-order valence-corrected chi connectivity index (χ4v) is 3.13. The van der Waals surface area contributed by atoms with Gasteiger partial charge in [-0.2, -0.15) is 0 Å². The van der Waals surface area contributed by atoms with Crippen molar-refractivity contribution in [2.45, 2.75) is 18.9 Å². The molecule has 2 aliphatic rings. The molecule has 1 aliphatic heterocycles. The van der Waals surface area contributed by atoms with Gasteiger partial charge in [0.2, 0.25) is 11.8 Å². The van der Waals surface area contributed by atoms with Crippen LogP contribution in [0.5, 0.6) is 0 Å². The summed E-state index contributed by atoms with van der Waals surface area (Å²) in [6.45, 7) is 0.302. The number of carbonyl (C=O) groups is 2. The molecule has 0 spiro atoms. The normalized spacial score (nSPS) is 26.2. The zero-order valence-electron chi connectivity index (χ0n) is 12.9. The van der Waals surface area contributed by atoms with Crippen molar-refractivity contribution in [2.75, 3.05) is 18.1 Å². The van der Waals surface area contributed by atoms with Gasteiger partial charge >= 0.3 is 0 Å². The lowest BCUT2D eigenvalue weighted by molar-refractivity contribution is -0.132. The molecule has 0 saturated carbocycles. The van der Waals surface area contributed by atoms with Gasteiger partial charge in [0, 0.05) is 36.9 Å². The van der Waals surface area contributed by atoms with E-state index in [0.717, 1.165) is 12.1 Å². The summed E-state index contributed by atoms with van der Waals surface area (Å²) in [5.74, 6) is -3.61. The van der Waals surface area contributed by atoms with E-state index in [1.807, 2.05) is 12.2 Å². The third-order valence-corrected chi connectivity index (χ3v) is 4.47. The molecule has 2 amide bonds. The average Bonchev–Trinajstić information content (AvgIpc) is 3.16. The number of nitrogens with zero attached hydrogens (tertiary/aromatic N) is 1. The van der Waals surface area contributed by atoms with Crippen LogP contribution in [-0.4, -0.2) is 36.1 Å². The van der Waals surface area contributed by atoms with Gasteiger partial charge in [-0.1, -0.05) is 12.2 Å². The third-order valence-electron chi connectivity index (χ3n) is 4.47. The van der Waals surface area contributed by atoms with Crippen molar-refractivity contribution in [2.24, 2.45) is 11.8 Å². The van der Waals surface area contributed by atoms with Gasteiger partial charge in [0.05, 0.1) is 0 Å². The van der Waals surface area contributed by atoms with Gasteiger partial charge < -0.3 is 15.3 Å². The first-order valence-electron chi connectivity index (χ1n) is 7.85. The third kappa shape index (κ3) is 3.17. The summed E-state index contributed by atoms with van der Waals surface area (Å²) in [7, 11) is 0. The SMILES string of the molecule is O=C(N[C@@H]1C=C[C@H](CO)C1)C1CCN(c2ccc(F)c(F)c2)C1=O. The Kier molecular flexibility index (Phi) is 4.62. The molecule has 1 heterocycles. The van der Waals surface area contributed by atoms with Gasteiger partial charge in [0.15, 0.2) is 11.6 Å². The van der Waals surface area contributed by atoms with E-state index in [9.17, 15) is 18.4 Å². The number of nitrogens with one attached hydrogen (secondary N) is 1. The van der Waals surface area contributed by atoms with E-state index >= 15 is 0 Å². The molecule has 1 fully saturated rings. The second-order valence-corrected chi connectivity index (χ2v) is 6.11. The van der Waals surface area contributed by atoms with Crippen LogP contribution < -0.4 is 10.2 Å². The number of hydrogen-bond donors (Lipinski definition) is 2. The molecule has 3 rings (SSSR count). The Morgan fingerprint density at radius 2 is 2.08 bits per heavy atom. The number of amides is 2. The maximum absolute atomic E-state index is 13.3. The van der Waals surface area contributed by atoms with Crippen LogP contribution in [0.2, 0.25) is 0 Å². The molecule has 1 aromatic rings. The van der Waals surface area contributed by atoms with E-state index in [0.29, 0.717) is 12.8 Å². The van der Waals surface area contributed by atoms with Crippen molar-refractivity contribution in [3.05, 3.63) is 42.0 Å². The summed E-state index contributed by atoms with van der Waals surface area (Å²) in [5.41, 5.74) is 0.246. The van der Waals surface area contributed by atoms with E-state index in [1.54, 1.807) is 0 Å². The fraction of sp³-hybridized carbons (Fsp3) is 0.412. The predicted molar refractivity (Wildman–Crippen MR) is 83.1 cm³/mol. The quantitative estimate of drug-likeness (QED) is 0.644. The highest BCUT2D eigenvalue weighted by Gasteiger charge is 2.38. The highest BCUT2D eigenvalue weighted by molar-refractivity contribution is 6.09. The number of carbonyl (C=O) groups excluding carboxylic acids is 2. The maximum atomic E-state index is 13.3. The van der Waals surface area contributed by atoms with Crippen LogP contribution in [0.3, 0.4) is 0 Å². The number of halogens is 2. The van der Waals surface area contributed by atoms with Crippen LogP contribution in [0.15, 0.2) is 30.4 Å². The predicted octanol–water partition coefficient (Wildman–Crippen LogP) is 1.37. The van der Waals surface area contributed by atoms with Gasteiger partial charge in [-0.3, -0.25) is 9.59 Å². The van der Waals surface area contributed by atoms with Crippen molar-refractivity contribution >= 4 is 17.5 Å². The number of hydrogen-bond acceptors (Lipinski definition) is 3. The van der Waals surface area contributed by atoms with Crippen LogP contribution in [0.1, 0.15) is 12.8 Å². The first-order valence-corrected chi connectivity index (χ1v) is 7.85. The van der Waals surface area contributed by atoms with Crippen LogP contribution in [-0.2, 0) is 9.59 Å². The Bertz CT molecular complexity index is 692. The minimum absolute atomic E-state index is 0.0215. The number of anilines is 1. The number of rotatable bonds is 4. The van der Waals surface area contributed by atoms with E-state index in [1.165, 1.54) is 11.0 Å². The van der Waals surface area contributed by atoms with Crippen molar-refractivity contribution in [3.63, 3.8) is 0 Å². The molecule has 0 bridgehead atoms. The number of benzene rings is 1. The summed E-state index contributed by atoms with van der Waals surface area (Å²) < 4.78 is 26.3. The lowest BCUT2D eigenvalue weighted by Crippen LogP contribution is -2.41. The molecular weight excluding hydrogens is 318 g/mol. The second-order valence-electron chi connectivity index (χ2n) is 6.11. The van der Waals surface area contributed by atoms with E-state index < -0.39 is 23.5 Å². The fourth-order valence-electron chi connectivity index (χ4n) is 3.13. The Hall–Kier alpha value is -2.28. The lowest BCUT2D eigenvalue weighted by Gasteiger charge is -2.18. The zero-order valence-corrected chi connectivity index (χ0v) is 12.9. The molecule has 2 N–H and O–H groups in total. The van der Waals surface area contributed by atoms with Crippen molar-refractivity contribution in [1.82, 2.24) is 5.32 Å². The highest BCUT2D eigenvalue weighted by atomic mass is 19.2. The standard InChI is InChI=1S/C17H18F2N2O3/c18-14-4-3-12(8-15(14)19)21-6-5-13(17(21)24)16(23)20-11-2-1-10(7-11)9-22/h1-4,8,10-11,13,22H,5-7,9H2,(H,20,23)/t10-,11+,13?/m0/s1. The van der Waals surface area contributed by atoms with E-state index in [4.69, 9.17) is 5.11 Å². The monoisotopic (exact) mass is 336 g/mol. The summed E-state index contributed by atoms with van der Waals surface area (Å²) in [4.78, 5) is 26.0. The maximum Gasteiger partial charge on any atom is 0.239 e.